The van der Waals surface area contributed by atoms with Crippen LogP contribution in [0.2, 0.25) is 0 Å². The summed E-state index contributed by atoms with van der Waals surface area (Å²) in [4.78, 5) is 25.2. The SMILES string of the molecule is C.Cc1ccccc1-c1cc(CN[C@@H](COC(C)(C)C)CC2CCCCC2)ccc1C(=O)N[C@@H](CCS(C)(=O)=O)C(=O)O. The number of aryl methyl sites for hydroxylation is 1. The van der Waals surface area contributed by atoms with Gasteiger partial charge in [0.05, 0.1) is 18.0 Å². The Morgan fingerprint density at radius 3 is 2.33 bits per heavy atom. The highest BCUT2D eigenvalue weighted by atomic mass is 32.2. The van der Waals surface area contributed by atoms with Gasteiger partial charge in [-0.1, -0.05) is 69.9 Å². The van der Waals surface area contributed by atoms with Crippen molar-refractivity contribution in [2.24, 2.45) is 5.92 Å². The molecule has 1 fully saturated rings. The topological polar surface area (TPSA) is 122 Å². The van der Waals surface area contributed by atoms with E-state index in [4.69, 9.17) is 4.74 Å². The second kappa shape index (κ2) is 16.4. The highest BCUT2D eigenvalue weighted by molar-refractivity contribution is 7.90. The van der Waals surface area contributed by atoms with E-state index in [9.17, 15) is 23.1 Å². The molecule has 0 unspecified atom stereocenters. The molecule has 1 aliphatic rings. The minimum absolute atomic E-state index is 0. The van der Waals surface area contributed by atoms with E-state index >= 15 is 0 Å². The molecule has 0 saturated heterocycles. The third-order valence-corrected chi connectivity index (χ3v) is 8.78. The van der Waals surface area contributed by atoms with Gasteiger partial charge in [-0.3, -0.25) is 4.79 Å². The second-order valence-corrected chi connectivity index (χ2v) is 15.0. The second-order valence-electron chi connectivity index (χ2n) is 12.7. The molecular formula is C34H52N2O6S. The lowest BCUT2D eigenvalue weighted by atomic mass is 9.85. The molecule has 3 rings (SSSR count). The first-order valence-electron chi connectivity index (χ1n) is 15.0. The van der Waals surface area contributed by atoms with E-state index in [0.717, 1.165) is 29.4 Å². The molecule has 2 aromatic rings. The maximum Gasteiger partial charge on any atom is 0.326 e. The normalized spacial score (nSPS) is 15.7. The summed E-state index contributed by atoms with van der Waals surface area (Å²) in [6, 6.07) is 12.2. The first-order valence-corrected chi connectivity index (χ1v) is 17.1. The van der Waals surface area contributed by atoms with Gasteiger partial charge in [0.25, 0.3) is 5.91 Å². The van der Waals surface area contributed by atoms with Gasteiger partial charge in [0.1, 0.15) is 15.9 Å². The van der Waals surface area contributed by atoms with Crippen LogP contribution in [-0.2, 0) is 25.9 Å². The van der Waals surface area contributed by atoms with Crippen LogP contribution in [0.15, 0.2) is 42.5 Å². The highest BCUT2D eigenvalue weighted by Gasteiger charge is 2.25. The standard InChI is InChI=1S/C33H48N2O6S.CH4/c1-23-11-9-10-14-27(23)29-20-25(15-16-28(29)31(36)35-30(32(37)38)17-18-42(5,39)40)21-34-26(22-41-33(2,3)4)19-24-12-7-6-8-13-24;/h9-11,14-16,20,24,26,30,34H,6-8,12-13,17-19,21-22H2,1-5H3,(H,35,36)(H,37,38);1H4/t26-,30+;/m1./s1. The number of carbonyl (C=O) groups excluding carboxylic acids is 1. The fraction of sp³-hybridized carbons (Fsp3) is 0.588. The predicted molar refractivity (Wildman–Crippen MR) is 174 cm³/mol. The van der Waals surface area contributed by atoms with E-state index in [0.29, 0.717) is 30.2 Å². The number of sulfone groups is 1. The van der Waals surface area contributed by atoms with E-state index < -0.39 is 27.8 Å². The van der Waals surface area contributed by atoms with Crippen LogP contribution >= 0.6 is 0 Å². The summed E-state index contributed by atoms with van der Waals surface area (Å²) in [6.07, 6.45) is 8.32. The van der Waals surface area contributed by atoms with Gasteiger partial charge >= 0.3 is 5.97 Å². The first kappa shape index (κ1) is 36.4. The van der Waals surface area contributed by atoms with Crippen LogP contribution in [0.4, 0.5) is 0 Å². The van der Waals surface area contributed by atoms with Gasteiger partial charge in [-0.2, -0.15) is 0 Å². The number of amides is 1. The quantitative estimate of drug-likeness (QED) is 0.232. The minimum Gasteiger partial charge on any atom is -0.480 e. The highest BCUT2D eigenvalue weighted by Crippen LogP contribution is 2.30. The predicted octanol–water partition coefficient (Wildman–Crippen LogP) is 6.16. The Kier molecular flexibility index (Phi) is 13.9. The van der Waals surface area contributed by atoms with Gasteiger partial charge in [-0.05, 0) is 80.8 Å². The summed E-state index contributed by atoms with van der Waals surface area (Å²) in [5.41, 5.74) is 3.68. The minimum atomic E-state index is -3.38. The fourth-order valence-electron chi connectivity index (χ4n) is 5.47. The molecule has 9 heteroatoms. The van der Waals surface area contributed by atoms with Gasteiger partial charge in [-0.15, -0.1) is 0 Å². The molecule has 0 aliphatic heterocycles. The molecule has 3 N–H and O–H groups in total. The fourth-order valence-corrected chi connectivity index (χ4v) is 6.13. The lowest BCUT2D eigenvalue weighted by molar-refractivity contribution is -0.139. The monoisotopic (exact) mass is 616 g/mol. The zero-order valence-corrected chi connectivity index (χ0v) is 26.6. The number of benzene rings is 2. The third kappa shape index (κ3) is 12.4. The Labute approximate surface area is 258 Å². The number of aliphatic carboxylic acids is 1. The number of ether oxygens (including phenoxy) is 1. The number of hydrogen-bond acceptors (Lipinski definition) is 6. The summed E-state index contributed by atoms with van der Waals surface area (Å²) in [5, 5.41) is 15.9. The van der Waals surface area contributed by atoms with Crippen LogP contribution in [0.1, 0.15) is 94.6 Å². The molecule has 0 heterocycles. The number of carboxylic acid groups (broad SMARTS) is 1. The average molecular weight is 617 g/mol. The van der Waals surface area contributed by atoms with E-state index in [-0.39, 0.29) is 31.2 Å². The largest absolute Gasteiger partial charge is 0.480 e. The Bertz CT molecular complexity index is 1310. The number of nitrogens with one attached hydrogen (secondary N) is 2. The van der Waals surface area contributed by atoms with E-state index in [1.54, 1.807) is 6.07 Å². The Hall–Kier alpha value is -2.75. The van der Waals surface area contributed by atoms with Gasteiger partial charge in [0.2, 0.25) is 0 Å². The lowest BCUT2D eigenvalue weighted by Crippen LogP contribution is -2.42. The number of carboxylic acids is 1. The number of rotatable bonds is 14. The van der Waals surface area contributed by atoms with Crippen molar-refractivity contribution in [2.45, 2.75) is 104 Å². The average Bonchev–Trinajstić information content (AvgIpc) is 2.92. The smallest absolute Gasteiger partial charge is 0.326 e. The summed E-state index contributed by atoms with van der Waals surface area (Å²) in [6.45, 7) is 9.39. The summed E-state index contributed by atoms with van der Waals surface area (Å²) >= 11 is 0. The molecule has 1 amide bonds. The molecular weight excluding hydrogens is 564 g/mol. The van der Waals surface area contributed by atoms with E-state index in [1.807, 2.05) is 43.3 Å². The first-order chi connectivity index (χ1) is 19.7. The maximum atomic E-state index is 13.4. The van der Waals surface area contributed by atoms with Crippen molar-refractivity contribution < 1.29 is 27.9 Å². The Morgan fingerprint density at radius 1 is 1.05 bits per heavy atom. The van der Waals surface area contributed by atoms with Gasteiger partial charge in [0, 0.05) is 24.4 Å². The van der Waals surface area contributed by atoms with Crippen molar-refractivity contribution in [3.63, 3.8) is 0 Å². The maximum absolute atomic E-state index is 13.4. The van der Waals surface area contributed by atoms with Crippen LogP contribution in [0, 0.1) is 12.8 Å². The molecule has 1 saturated carbocycles. The molecule has 2 aromatic carbocycles. The van der Waals surface area contributed by atoms with Crippen LogP contribution in [0.25, 0.3) is 11.1 Å². The van der Waals surface area contributed by atoms with Crippen molar-refractivity contribution in [1.29, 1.82) is 0 Å². The Balaban J connectivity index is 0.00000645. The lowest BCUT2D eigenvalue weighted by Gasteiger charge is -2.30. The van der Waals surface area contributed by atoms with E-state index in [1.165, 1.54) is 32.1 Å². The number of carbonyl (C=O) groups is 2. The van der Waals surface area contributed by atoms with Crippen molar-refractivity contribution in [3.05, 3.63) is 59.2 Å². The molecule has 240 valence electrons. The Morgan fingerprint density at radius 2 is 1.72 bits per heavy atom. The third-order valence-electron chi connectivity index (χ3n) is 7.80. The molecule has 2 atom stereocenters. The van der Waals surface area contributed by atoms with Crippen LogP contribution < -0.4 is 10.6 Å². The number of hydrogen-bond donors (Lipinski definition) is 3. The van der Waals surface area contributed by atoms with Crippen LogP contribution in [0.5, 0.6) is 0 Å². The van der Waals surface area contributed by atoms with Gasteiger partial charge in [-0.25, -0.2) is 13.2 Å². The molecule has 0 bridgehead atoms. The summed E-state index contributed by atoms with van der Waals surface area (Å²) in [5.74, 6) is -1.46. The van der Waals surface area contributed by atoms with Crippen LogP contribution in [-0.4, -0.2) is 61.7 Å². The summed E-state index contributed by atoms with van der Waals surface area (Å²) in [7, 11) is -3.38. The zero-order valence-electron chi connectivity index (χ0n) is 25.7. The van der Waals surface area contributed by atoms with Crippen molar-refractivity contribution in [3.8, 4) is 11.1 Å². The molecule has 8 nitrogen and oxygen atoms in total. The van der Waals surface area contributed by atoms with Gasteiger partial charge in [0.15, 0.2) is 0 Å². The zero-order chi connectivity index (χ0) is 30.9. The molecule has 0 radical (unpaired) electrons. The molecule has 0 aromatic heterocycles. The molecule has 43 heavy (non-hydrogen) atoms. The van der Waals surface area contributed by atoms with Gasteiger partial charge < -0.3 is 20.5 Å². The van der Waals surface area contributed by atoms with E-state index in [2.05, 4.69) is 31.4 Å². The van der Waals surface area contributed by atoms with Crippen molar-refractivity contribution in [1.82, 2.24) is 10.6 Å². The molecule has 0 spiro atoms. The summed E-state index contributed by atoms with van der Waals surface area (Å²) < 4.78 is 29.4. The molecule has 1 aliphatic carbocycles. The van der Waals surface area contributed by atoms with Crippen molar-refractivity contribution in [2.75, 3.05) is 18.6 Å². The van der Waals surface area contributed by atoms with Crippen LogP contribution in [0.3, 0.4) is 0 Å². The van der Waals surface area contributed by atoms with Crippen molar-refractivity contribution >= 4 is 21.7 Å².